The summed E-state index contributed by atoms with van der Waals surface area (Å²) in [6.45, 7) is 2.88. The zero-order valence-corrected chi connectivity index (χ0v) is 14.9. The van der Waals surface area contributed by atoms with Crippen LogP contribution >= 0.6 is 11.6 Å². The van der Waals surface area contributed by atoms with Gasteiger partial charge in [0.2, 0.25) is 12.7 Å². The predicted octanol–water partition coefficient (Wildman–Crippen LogP) is 4.52. The van der Waals surface area contributed by atoms with Gasteiger partial charge in [-0.2, -0.15) is 4.98 Å². The predicted molar refractivity (Wildman–Crippen MR) is 101 cm³/mol. The molecule has 0 bridgehead atoms. The molecule has 0 aliphatic carbocycles. The lowest BCUT2D eigenvalue weighted by Gasteiger charge is -2.10. The normalized spacial score (nSPS) is 12.1. The van der Waals surface area contributed by atoms with E-state index in [0.29, 0.717) is 17.5 Å². The van der Waals surface area contributed by atoms with E-state index in [0.717, 1.165) is 34.1 Å². The van der Waals surface area contributed by atoms with Gasteiger partial charge in [0.05, 0.1) is 0 Å². The standard InChI is InChI=1S/C19H17ClN4O2/c1-12-8-14(20)3-4-15(12)23-19-21-7-6-18(24-19)22-10-13-2-5-16-17(9-13)26-11-25-16/h2-9H,10-11H2,1H3,(H2,21,22,23,24). The average Bonchev–Trinajstić information content (AvgIpc) is 3.10. The molecule has 0 fully saturated rings. The topological polar surface area (TPSA) is 68.3 Å². The third-order valence-electron chi connectivity index (χ3n) is 4.00. The maximum absolute atomic E-state index is 5.99. The van der Waals surface area contributed by atoms with Crippen molar-refractivity contribution >= 4 is 29.1 Å². The van der Waals surface area contributed by atoms with E-state index in [9.17, 15) is 0 Å². The van der Waals surface area contributed by atoms with Gasteiger partial charge in [0.15, 0.2) is 11.5 Å². The smallest absolute Gasteiger partial charge is 0.231 e. The highest BCUT2D eigenvalue weighted by molar-refractivity contribution is 6.30. The molecule has 1 aliphatic rings. The number of anilines is 3. The number of ether oxygens (including phenoxy) is 2. The Kier molecular flexibility index (Phi) is 4.50. The second-order valence-electron chi connectivity index (χ2n) is 5.89. The maximum atomic E-state index is 5.99. The number of aromatic nitrogens is 2. The van der Waals surface area contributed by atoms with Gasteiger partial charge in [0.1, 0.15) is 5.82 Å². The van der Waals surface area contributed by atoms with Crippen LogP contribution in [0.1, 0.15) is 11.1 Å². The number of nitrogens with zero attached hydrogens (tertiary/aromatic N) is 2. The summed E-state index contributed by atoms with van der Waals surface area (Å²) in [6, 6.07) is 13.3. The first kappa shape index (κ1) is 16.5. The molecule has 4 rings (SSSR count). The van der Waals surface area contributed by atoms with Crippen molar-refractivity contribution in [1.29, 1.82) is 0 Å². The lowest BCUT2D eigenvalue weighted by atomic mass is 10.2. The van der Waals surface area contributed by atoms with Crippen LogP contribution in [-0.4, -0.2) is 16.8 Å². The van der Waals surface area contributed by atoms with Gasteiger partial charge >= 0.3 is 0 Å². The molecular formula is C19H17ClN4O2. The van der Waals surface area contributed by atoms with Crippen LogP contribution in [0.25, 0.3) is 0 Å². The Hall–Kier alpha value is -2.99. The van der Waals surface area contributed by atoms with Gasteiger partial charge in [0.25, 0.3) is 0 Å². The number of aryl methyl sites for hydroxylation is 1. The van der Waals surface area contributed by atoms with Crippen molar-refractivity contribution in [3.8, 4) is 11.5 Å². The lowest BCUT2D eigenvalue weighted by Crippen LogP contribution is -2.04. The lowest BCUT2D eigenvalue weighted by molar-refractivity contribution is 0.174. The number of fused-ring (bicyclic) bond motifs is 1. The Morgan fingerprint density at radius 1 is 1.08 bits per heavy atom. The quantitative estimate of drug-likeness (QED) is 0.690. The summed E-state index contributed by atoms with van der Waals surface area (Å²) in [5.41, 5.74) is 3.03. The van der Waals surface area contributed by atoms with Crippen LogP contribution < -0.4 is 20.1 Å². The first-order valence-electron chi connectivity index (χ1n) is 8.16. The average molecular weight is 369 g/mol. The molecule has 1 aromatic heterocycles. The molecule has 2 N–H and O–H groups in total. The number of halogens is 1. The molecule has 0 atom stereocenters. The van der Waals surface area contributed by atoms with Gasteiger partial charge < -0.3 is 20.1 Å². The van der Waals surface area contributed by atoms with E-state index in [-0.39, 0.29) is 6.79 Å². The third kappa shape index (κ3) is 3.65. The summed E-state index contributed by atoms with van der Waals surface area (Å²) >= 11 is 5.99. The van der Waals surface area contributed by atoms with E-state index >= 15 is 0 Å². The molecule has 0 spiro atoms. The van der Waals surface area contributed by atoms with E-state index in [4.69, 9.17) is 21.1 Å². The minimum absolute atomic E-state index is 0.275. The van der Waals surface area contributed by atoms with E-state index in [2.05, 4.69) is 20.6 Å². The van der Waals surface area contributed by atoms with Crippen LogP contribution in [0.5, 0.6) is 11.5 Å². The van der Waals surface area contributed by atoms with E-state index < -0.39 is 0 Å². The number of hydrogen-bond donors (Lipinski definition) is 2. The Labute approximate surface area is 156 Å². The maximum Gasteiger partial charge on any atom is 0.231 e. The zero-order valence-electron chi connectivity index (χ0n) is 14.1. The van der Waals surface area contributed by atoms with Gasteiger partial charge in [-0.1, -0.05) is 17.7 Å². The highest BCUT2D eigenvalue weighted by Gasteiger charge is 2.13. The first-order chi connectivity index (χ1) is 12.7. The summed E-state index contributed by atoms with van der Waals surface area (Å²) in [7, 11) is 0. The van der Waals surface area contributed by atoms with Crippen LogP contribution in [-0.2, 0) is 6.54 Å². The SMILES string of the molecule is Cc1cc(Cl)ccc1Nc1nccc(NCc2ccc3c(c2)OCO3)n1. The van der Waals surface area contributed by atoms with Gasteiger partial charge in [-0.05, 0) is 54.4 Å². The Morgan fingerprint density at radius 2 is 1.96 bits per heavy atom. The molecule has 2 aromatic carbocycles. The fourth-order valence-corrected chi connectivity index (χ4v) is 2.88. The molecule has 0 saturated heterocycles. The third-order valence-corrected chi connectivity index (χ3v) is 4.24. The molecule has 132 valence electrons. The molecule has 7 heteroatoms. The largest absolute Gasteiger partial charge is 0.454 e. The number of nitrogens with one attached hydrogen (secondary N) is 2. The number of hydrogen-bond acceptors (Lipinski definition) is 6. The van der Waals surface area contributed by atoms with Crippen LogP contribution in [0.2, 0.25) is 5.02 Å². The Balaban J connectivity index is 1.44. The number of rotatable bonds is 5. The minimum atomic E-state index is 0.275. The van der Waals surface area contributed by atoms with Crippen molar-refractivity contribution in [3.05, 3.63) is 64.8 Å². The Morgan fingerprint density at radius 3 is 2.85 bits per heavy atom. The second kappa shape index (κ2) is 7.09. The molecule has 0 radical (unpaired) electrons. The molecule has 0 unspecified atom stereocenters. The fourth-order valence-electron chi connectivity index (χ4n) is 2.65. The molecule has 0 saturated carbocycles. The zero-order chi connectivity index (χ0) is 17.9. The highest BCUT2D eigenvalue weighted by atomic mass is 35.5. The van der Waals surface area contributed by atoms with Crippen LogP contribution in [0.4, 0.5) is 17.5 Å². The van der Waals surface area contributed by atoms with E-state index in [1.807, 2.05) is 49.4 Å². The molecule has 3 aromatic rings. The fraction of sp³-hybridized carbons (Fsp3) is 0.158. The molecule has 6 nitrogen and oxygen atoms in total. The Bertz CT molecular complexity index is 949. The summed E-state index contributed by atoms with van der Waals surface area (Å²) in [5.74, 6) is 2.80. The van der Waals surface area contributed by atoms with E-state index in [1.54, 1.807) is 6.20 Å². The second-order valence-corrected chi connectivity index (χ2v) is 6.33. The van der Waals surface area contributed by atoms with Gasteiger partial charge in [0, 0.05) is 23.5 Å². The van der Waals surface area contributed by atoms with Gasteiger partial charge in [-0.3, -0.25) is 0 Å². The summed E-state index contributed by atoms with van der Waals surface area (Å²) < 4.78 is 10.7. The van der Waals surface area contributed by atoms with Crippen LogP contribution in [0, 0.1) is 6.92 Å². The molecule has 2 heterocycles. The van der Waals surface area contributed by atoms with Crippen LogP contribution in [0.3, 0.4) is 0 Å². The molecule has 26 heavy (non-hydrogen) atoms. The number of benzene rings is 2. The van der Waals surface area contributed by atoms with Crippen LogP contribution in [0.15, 0.2) is 48.7 Å². The summed E-state index contributed by atoms with van der Waals surface area (Å²) in [4.78, 5) is 8.77. The van der Waals surface area contributed by atoms with E-state index in [1.165, 1.54) is 0 Å². The summed E-state index contributed by atoms with van der Waals surface area (Å²) in [6.07, 6.45) is 1.71. The van der Waals surface area contributed by atoms with Gasteiger partial charge in [-0.25, -0.2) is 4.98 Å². The van der Waals surface area contributed by atoms with Crippen molar-refractivity contribution in [2.75, 3.05) is 17.4 Å². The molecule has 0 amide bonds. The van der Waals surface area contributed by atoms with Crippen molar-refractivity contribution in [3.63, 3.8) is 0 Å². The van der Waals surface area contributed by atoms with Gasteiger partial charge in [-0.15, -0.1) is 0 Å². The van der Waals surface area contributed by atoms with Crippen molar-refractivity contribution < 1.29 is 9.47 Å². The first-order valence-corrected chi connectivity index (χ1v) is 8.54. The monoisotopic (exact) mass is 368 g/mol. The molecule has 1 aliphatic heterocycles. The molecular weight excluding hydrogens is 352 g/mol. The highest BCUT2D eigenvalue weighted by Crippen LogP contribution is 2.32. The van der Waals surface area contributed by atoms with Crippen molar-refractivity contribution in [1.82, 2.24) is 9.97 Å². The van der Waals surface area contributed by atoms with Crippen molar-refractivity contribution in [2.24, 2.45) is 0 Å². The minimum Gasteiger partial charge on any atom is -0.454 e. The summed E-state index contributed by atoms with van der Waals surface area (Å²) in [5, 5.41) is 7.21. The van der Waals surface area contributed by atoms with Crippen molar-refractivity contribution in [2.45, 2.75) is 13.5 Å².